The van der Waals surface area contributed by atoms with Crippen LogP contribution in [0.25, 0.3) is 0 Å². The minimum atomic E-state index is -0.449. The second-order valence-corrected chi connectivity index (χ2v) is 6.46. The number of non-ortho nitro benzene ring substituents is 1. The maximum absolute atomic E-state index is 10.8. The number of aliphatic imine (C=N–C) groups is 1. The summed E-state index contributed by atoms with van der Waals surface area (Å²) in [6, 6.07) is 14.7. The molecule has 7 heteroatoms. The van der Waals surface area contributed by atoms with Crippen molar-refractivity contribution in [1.82, 2.24) is 4.90 Å². The molecule has 2 aromatic rings. The monoisotopic (exact) mass is 347 g/mol. The van der Waals surface area contributed by atoms with Crippen molar-refractivity contribution in [3.63, 3.8) is 0 Å². The second kappa shape index (κ2) is 7.02. The molecule has 0 aliphatic carbocycles. The van der Waals surface area contributed by atoms with Crippen molar-refractivity contribution in [2.24, 2.45) is 4.99 Å². The minimum Gasteiger partial charge on any atom is -0.345 e. The van der Waals surface area contributed by atoms with Gasteiger partial charge in [-0.2, -0.15) is 0 Å². The maximum atomic E-state index is 10.8. The zero-order valence-electron chi connectivity index (χ0n) is 12.2. The molecule has 2 aromatic carbocycles. The quantitative estimate of drug-likeness (QED) is 0.614. The molecule has 0 bridgehead atoms. The fourth-order valence-corrected chi connectivity index (χ4v) is 3.51. The summed E-state index contributed by atoms with van der Waals surface area (Å²) in [6.45, 7) is 2.40. The highest BCUT2D eigenvalue weighted by atomic mass is 35.5. The predicted molar refractivity (Wildman–Crippen MR) is 93.1 cm³/mol. The summed E-state index contributed by atoms with van der Waals surface area (Å²) in [5.41, 5.74) is 1.21. The molecule has 0 N–H and O–H groups in total. The number of nitrogens with zero attached hydrogens (tertiary/aromatic N) is 3. The summed E-state index contributed by atoms with van der Waals surface area (Å²) in [5.74, 6) is 0. The lowest BCUT2D eigenvalue weighted by Gasteiger charge is -2.20. The summed E-state index contributed by atoms with van der Waals surface area (Å²) in [4.78, 5) is 17.8. The molecule has 0 amide bonds. The topological polar surface area (TPSA) is 58.7 Å². The lowest BCUT2D eigenvalue weighted by Crippen LogP contribution is -2.25. The molecule has 1 aliphatic rings. The Labute approximate surface area is 143 Å². The molecule has 23 heavy (non-hydrogen) atoms. The molecule has 1 aliphatic heterocycles. The first-order chi connectivity index (χ1) is 11.1. The van der Waals surface area contributed by atoms with E-state index >= 15 is 0 Å². The highest BCUT2D eigenvalue weighted by Crippen LogP contribution is 2.33. The van der Waals surface area contributed by atoms with Crippen LogP contribution in [0.3, 0.4) is 0 Å². The van der Waals surface area contributed by atoms with Crippen LogP contribution in [0.15, 0.2) is 58.4 Å². The van der Waals surface area contributed by atoms with E-state index in [9.17, 15) is 10.1 Å². The Morgan fingerprint density at radius 2 is 2.04 bits per heavy atom. The molecule has 0 atom stereocenters. The number of halogens is 1. The van der Waals surface area contributed by atoms with Gasteiger partial charge in [-0.3, -0.25) is 15.1 Å². The van der Waals surface area contributed by atoms with Gasteiger partial charge in [0.15, 0.2) is 5.17 Å². The molecular formula is C16H14ClN3O2S. The van der Waals surface area contributed by atoms with Gasteiger partial charge in [-0.25, -0.2) is 0 Å². The molecule has 3 rings (SSSR count). The van der Waals surface area contributed by atoms with E-state index in [2.05, 4.69) is 22.0 Å². The van der Waals surface area contributed by atoms with Crippen molar-refractivity contribution in [2.45, 2.75) is 11.4 Å². The van der Waals surface area contributed by atoms with E-state index in [0.717, 1.165) is 29.7 Å². The molecule has 0 fully saturated rings. The van der Waals surface area contributed by atoms with Crippen LogP contribution in [0.4, 0.5) is 5.69 Å². The summed E-state index contributed by atoms with van der Waals surface area (Å²) < 4.78 is 0. The first-order valence-electron chi connectivity index (χ1n) is 7.08. The van der Waals surface area contributed by atoms with E-state index in [1.54, 1.807) is 6.07 Å². The average Bonchev–Trinajstić information content (AvgIpc) is 2.97. The Kier molecular flexibility index (Phi) is 4.83. The fraction of sp³-hybridized carbons (Fsp3) is 0.188. The Hall–Kier alpha value is -2.05. The third-order valence-electron chi connectivity index (χ3n) is 3.43. The number of hydrogen-bond donors (Lipinski definition) is 0. The van der Waals surface area contributed by atoms with Crippen LogP contribution in [0.5, 0.6) is 0 Å². The van der Waals surface area contributed by atoms with E-state index in [-0.39, 0.29) is 5.69 Å². The molecule has 0 spiro atoms. The van der Waals surface area contributed by atoms with E-state index in [1.807, 2.05) is 18.2 Å². The van der Waals surface area contributed by atoms with Crippen molar-refractivity contribution in [3.05, 3.63) is 69.2 Å². The van der Waals surface area contributed by atoms with Crippen LogP contribution in [0, 0.1) is 10.1 Å². The largest absolute Gasteiger partial charge is 0.345 e. The number of benzene rings is 2. The van der Waals surface area contributed by atoms with Gasteiger partial charge >= 0.3 is 0 Å². The third-order valence-corrected chi connectivity index (χ3v) is 5.00. The summed E-state index contributed by atoms with van der Waals surface area (Å²) in [6.07, 6.45) is 0. The summed E-state index contributed by atoms with van der Waals surface area (Å²) in [7, 11) is 0. The molecule has 0 aromatic heterocycles. The third kappa shape index (κ3) is 3.83. The SMILES string of the molecule is O=[N+]([O-])c1ccc(SC2=NCCN2Cc2ccccc2)c(Cl)c1. The Morgan fingerprint density at radius 3 is 2.74 bits per heavy atom. The molecule has 0 unspecified atom stereocenters. The predicted octanol–water partition coefficient (Wildman–Crippen LogP) is 4.21. The highest BCUT2D eigenvalue weighted by Gasteiger charge is 2.20. The number of hydrogen-bond acceptors (Lipinski definition) is 5. The summed E-state index contributed by atoms with van der Waals surface area (Å²) >= 11 is 7.61. The van der Waals surface area contributed by atoms with Crippen LogP contribution in [0.1, 0.15) is 5.56 Å². The Balaban J connectivity index is 1.73. The first-order valence-corrected chi connectivity index (χ1v) is 8.28. The molecule has 1 heterocycles. The van der Waals surface area contributed by atoms with Crippen molar-refractivity contribution in [1.29, 1.82) is 0 Å². The molecule has 118 valence electrons. The number of thioether (sulfide) groups is 1. The van der Waals surface area contributed by atoms with E-state index in [4.69, 9.17) is 11.6 Å². The lowest BCUT2D eigenvalue weighted by atomic mass is 10.2. The fourth-order valence-electron chi connectivity index (χ4n) is 2.29. The van der Waals surface area contributed by atoms with Gasteiger partial charge in [0.2, 0.25) is 0 Å². The minimum absolute atomic E-state index is 0.00569. The molecule has 0 saturated heterocycles. The van der Waals surface area contributed by atoms with Crippen LogP contribution < -0.4 is 0 Å². The van der Waals surface area contributed by atoms with Gasteiger partial charge in [-0.05, 0) is 11.6 Å². The van der Waals surface area contributed by atoms with E-state index in [0.29, 0.717) is 5.02 Å². The molecular weight excluding hydrogens is 334 g/mol. The van der Waals surface area contributed by atoms with E-state index in [1.165, 1.54) is 29.5 Å². The van der Waals surface area contributed by atoms with Crippen LogP contribution in [-0.4, -0.2) is 28.1 Å². The van der Waals surface area contributed by atoms with Gasteiger partial charge in [-0.15, -0.1) is 0 Å². The highest BCUT2D eigenvalue weighted by molar-refractivity contribution is 8.13. The first kappa shape index (κ1) is 15.8. The zero-order valence-corrected chi connectivity index (χ0v) is 13.8. The zero-order chi connectivity index (χ0) is 16.2. The molecule has 0 saturated carbocycles. The number of rotatable bonds is 4. The standard InChI is InChI=1S/C16H14ClN3O2S/c17-14-10-13(20(21)22)6-7-15(14)23-16-18-8-9-19(16)11-12-4-2-1-3-5-12/h1-7,10H,8-9,11H2. The van der Waals surface area contributed by atoms with Crippen molar-refractivity contribution in [3.8, 4) is 0 Å². The van der Waals surface area contributed by atoms with E-state index < -0.39 is 4.92 Å². The van der Waals surface area contributed by atoms with Crippen molar-refractivity contribution < 1.29 is 4.92 Å². The van der Waals surface area contributed by atoms with Gasteiger partial charge < -0.3 is 4.90 Å². The number of amidine groups is 1. The number of nitro groups is 1. The number of nitro benzene ring substituents is 1. The molecule has 5 nitrogen and oxygen atoms in total. The lowest BCUT2D eigenvalue weighted by molar-refractivity contribution is -0.384. The van der Waals surface area contributed by atoms with Crippen molar-refractivity contribution >= 4 is 34.2 Å². The maximum Gasteiger partial charge on any atom is 0.270 e. The van der Waals surface area contributed by atoms with Gasteiger partial charge in [-0.1, -0.05) is 53.7 Å². The van der Waals surface area contributed by atoms with Gasteiger partial charge in [0.1, 0.15) is 0 Å². The van der Waals surface area contributed by atoms with Crippen LogP contribution >= 0.6 is 23.4 Å². The average molecular weight is 348 g/mol. The van der Waals surface area contributed by atoms with Gasteiger partial charge in [0.25, 0.3) is 5.69 Å². The normalized spacial score (nSPS) is 14.0. The Bertz CT molecular complexity index is 752. The van der Waals surface area contributed by atoms with Gasteiger partial charge in [0, 0.05) is 30.1 Å². The van der Waals surface area contributed by atoms with Gasteiger partial charge in [0.05, 0.1) is 16.5 Å². The Morgan fingerprint density at radius 1 is 1.26 bits per heavy atom. The van der Waals surface area contributed by atoms with Crippen LogP contribution in [-0.2, 0) is 6.54 Å². The second-order valence-electron chi connectivity index (χ2n) is 5.05. The summed E-state index contributed by atoms with van der Waals surface area (Å²) in [5, 5.41) is 12.0. The smallest absolute Gasteiger partial charge is 0.270 e. The van der Waals surface area contributed by atoms with Crippen molar-refractivity contribution in [2.75, 3.05) is 13.1 Å². The van der Waals surface area contributed by atoms with Crippen LogP contribution in [0.2, 0.25) is 5.02 Å². The molecule has 0 radical (unpaired) electrons.